The van der Waals surface area contributed by atoms with Crippen LogP contribution in [0.5, 0.6) is 0 Å². The maximum Gasteiger partial charge on any atom is 0.335 e. The standard InChI is InChI=1S/C13H7BrFN3O2/c14-8-2-1-3-9(15)12(8)18-11-6-7(13(19)20)4-5-10(11)16-17-18/h1-6H,(H,19,20). The van der Waals surface area contributed by atoms with Crippen molar-refractivity contribution in [3.05, 3.63) is 52.3 Å². The number of benzene rings is 2. The van der Waals surface area contributed by atoms with Crippen LogP contribution in [0.15, 0.2) is 40.9 Å². The van der Waals surface area contributed by atoms with E-state index in [2.05, 4.69) is 26.2 Å². The largest absolute Gasteiger partial charge is 0.478 e. The van der Waals surface area contributed by atoms with Crippen LogP contribution in [0, 0.1) is 5.82 Å². The van der Waals surface area contributed by atoms with Crippen LogP contribution in [-0.4, -0.2) is 26.1 Å². The quantitative estimate of drug-likeness (QED) is 0.781. The van der Waals surface area contributed by atoms with E-state index in [9.17, 15) is 9.18 Å². The van der Waals surface area contributed by atoms with Crippen LogP contribution in [0.1, 0.15) is 10.4 Å². The van der Waals surface area contributed by atoms with Crippen LogP contribution < -0.4 is 0 Å². The van der Waals surface area contributed by atoms with Gasteiger partial charge in [0.1, 0.15) is 17.0 Å². The molecular formula is C13H7BrFN3O2. The Morgan fingerprint density at radius 2 is 2.10 bits per heavy atom. The van der Waals surface area contributed by atoms with Gasteiger partial charge in [0.15, 0.2) is 0 Å². The summed E-state index contributed by atoms with van der Waals surface area (Å²) >= 11 is 3.26. The summed E-state index contributed by atoms with van der Waals surface area (Å²) in [5.74, 6) is -1.54. The molecule has 0 bridgehead atoms. The first-order valence-electron chi connectivity index (χ1n) is 5.61. The second-order valence-corrected chi connectivity index (χ2v) is 4.93. The predicted molar refractivity (Wildman–Crippen MR) is 73.5 cm³/mol. The molecule has 0 radical (unpaired) electrons. The normalized spacial score (nSPS) is 10.9. The maximum atomic E-state index is 14.0. The van der Waals surface area contributed by atoms with Crippen molar-refractivity contribution in [1.29, 1.82) is 0 Å². The van der Waals surface area contributed by atoms with Crippen molar-refractivity contribution in [2.45, 2.75) is 0 Å². The Hall–Kier alpha value is -2.28. The minimum absolute atomic E-state index is 0.0912. The SMILES string of the molecule is O=C(O)c1ccc2nnn(-c3c(F)cccc3Br)c2c1. The Morgan fingerprint density at radius 1 is 1.30 bits per heavy atom. The third kappa shape index (κ3) is 1.96. The molecule has 0 atom stereocenters. The first-order chi connectivity index (χ1) is 9.58. The van der Waals surface area contributed by atoms with Gasteiger partial charge in [-0.15, -0.1) is 5.10 Å². The van der Waals surface area contributed by atoms with Gasteiger partial charge in [-0.2, -0.15) is 0 Å². The molecule has 1 heterocycles. The van der Waals surface area contributed by atoms with Gasteiger partial charge in [0, 0.05) is 4.47 Å². The summed E-state index contributed by atoms with van der Waals surface area (Å²) in [5.41, 5.74) is 1.20. The van der Waals surface area contributed by atoms with E-state index >= 15 is 0 Å². The van der Waals surface area contributed by atoms with Gasteiger partial charge in [0.25, 0.3) is 0 Å². The highest BCUT2D eigenvalue weighted by molar-refractivity contribution is 9.10. The molecule has 0 unspecified atom stereocenters. The monoisotopic (exact) mass is 335 g/mol. The average molecular weight is 336 g/mol. The van der Waals surface area contributed by atoms with E-state index in [1.54, 1.807) is 12.1 Å². The summed E-state index contributed by atoms with van der Waals surface area (Å²) in [7, 11) is 0. The van der Waals surface area contributed by atoms with Crippen LogP contribution >= 0.6 is 15.9 Å². The van der Waals surface area contributed by atoms with Gasteiger partial charge < -0.3 is 5.11 Å². The Labute approximate surface area is 120 Å². The molecular weight excluding hydrogens is 329 g/mol. The fourth-order valence-electron chi connectivity index (χ4n) is 1.91. The summed E-state index contributed by atoms with van der Waals surface area (Å²) in [6, 6.07) is 8.92. The number of aromatic nitrogens is 3. The van der Waals surface area contributed by atoms with E-state index in [1.165, 1.54) is 28.9 Å². The molecule has 20 heavy (non-hydrogen) atoms. The Morgan fingerprint density at radius 3 is 2.80 bits per heavy atom. The number of hydrogen-bond acceptors (Lipinski definition) is 3. The molecule has 7 heteroatoms. The number of carbonyl (C=O) groups is 1. The lowest BCUT2D eigenvalue weighted by Gasteiger charge is -2.06. The molecule has 0 amide bonds. The average Bonchev–Trinajstić information content (AvgIpc) is 2.81. The number of halogens is 2. The molecule has 3 aromatic rings. The van der Waals surface area contributed by atoms with E-state index < -0.39 is 11.8 Å². The van der Waals surface area contributed by atoms with E-state index in [-0.39, 0.29) is 11.3 Å². The molecule has 1 N–H and O–H groups in total. The third-order valence-electron chi connectivity index (χ3n) is 2.84. The molecule has 0 saturated carbocycles. The van der Waals surface area contributed by atoms with Crippen LogP contribution in [0.25, 0.3) is 16.7 Å². The number of para-hydroxylation sites is 1. The fourth-order valence-corrected chi connectivity index (χ4v) is 2.42. The van der Waals surface area contributed by atoms with Gasteiger partial charge in [-0.05, 0) is 46.3 Å². The van der Waals surface area contributed by atoms with Crippen molar-refractivity contribution in [1.82, 2.24) is 15.0 Å². The molecule has 100 valence electrons. The number of carboxylic acid groups (broad SMARTS) is 1. The zero-order valence-corrected chi connectivity index (χ0v) is 11.5. The van der Waals surface area contributed by atoms with Gasteiger partial charge in [0.05, 0.1) is 11.1 Å². The highest BCUT2D eigenvalue weighted by Crippen LogP contribution is 2.26. The van der Waals surface area contributed by atoms with Gasteiger partial charge >= 0.3 is 5.97 Å². The first-order valence-corrected chi connectivity index (χ1v) is 6.40. The molecule has 0 aliphatic rings. The molecule has 3 rings (SSSR count). The van der Waals surface area contributed by atoms with Crippen molar-refractivity contribution in [3.63, 3.8) is 0 Å². The molecule has 0 fully saturated rings. The Balaban J connectivity index is 2.31. The van der Waals surface area contributed by atoms with Gasteiger partial charge in [0.2, 0.25) is 0 Å². The Bertz CT molecular complexity index is 811. The summed E-state index contributed by atoms with van der Waals surface area (Å²) in [5, 5.41) is 16.8. The minimum atomic E-state index is -1.06. The predicted octanol–water partition coefficient (Wildman–Crippen LogP) is 3.02. The van der Waals surface area contributed by atoms with Crippen LogP contribution in [0.3, 0.4) is 0 Å². The summed E-state index contributed by atoms with van der Waals surface area (Å²) in [6.07, 6.45) is 0. The zero-order chi connectivity index (χ0) is 14.3. The van der Waals surface area contributed by atoms with Crippen molar-refractivity contribution in [3.8, 4) is 5.69 Å². The molecule has 2 aromatic carbocycles. The summed E-state index contributed by atoms with van der Waals surface area (Å²) < 4.78 is 15.7. The molecule has 0 spiro atoms. The highest BCUT2D eigenvalue weighted by Gasteiger charge is 2.15. The molecule has 5 nitrogen and oxygen atoms in total. The van der Waals surface area contributed by atoms with E-state index in [1.807, 2.05) is 0 Å². The van der Waals surface area contributed by atoms with Crippen molar-refractivity contribution in [2.24, 2.45) is 0 Å². The second kappa shape index (κ2) is 4.68. The lowest BCUT2D eigenvalue weighted by atomic mass is 10.2. The van der Waals surface area contributed by atoms with Gasteiger partial charge in [-0.25, -0.2) is 13.9 Å². The maximum absolute atomic E-state index is 14.0. The fraction of sp³-hybridized carbons (Fsp3) is 0. The van der Waals surface area contributed by atoms with E-state index in [0.717, 1.165) is 0 Å². The number of nitrogens with zero attached hydrogens (tertiary/aromatic N) is 3. The second-order valence-electron chi connectivity index (χ2n) is 4.08. The van der Waals surface area contributed by atoms with Crippen molar-refractivity contribution in [2.75, 3.05) is 0 Å². The third-order valence-corrected chi connectivity index (χ3v) is 3.48. The Kier molecular flexibility index (Phi) is 2.98. The molecule has 0 aliphatic carbocycles. The smallest absolute Gasteiger partial charge is 0.335 e. The van der Waals surface area contributed by atoms with Crippen LogP contribution in [0.2, 0.25) is 0 Å². The molecule has 0 saturated heterocycles. The highest BCUT2D eigenvalue weighted by atomic mass is 79.9. The number of rotatable bonds is 2. The van der Waals surface area contributed by atoms with Gasteiger partial charge in [-0.3, -0.25) is 0 Å². The lowest BCUT2D eigenvalue weighted by Crippen LogP contribution is -2.02. The number of aromatic carboxylic acids is 1. The van der Waals surface area contributed by atoms with E-state index in [4.69, 9.17) is 5.11 Å². The zero-order valence-electron chi connectivity index (χ0n) is 9.92. The number of carboxylic acids is 1. The van der Waals surface area contributed by atoms with Gasteiger partial charge in [-0.1, -0.05) is 11.3 Å². The lowest BCUT2D eigenvalue weighted by molar-refractivity contribution is 0.0697. The van der Waals surface area contributed by atoms with Crippen LogP contribution in [-0.2, 0) is 0 Å². The van der Waals surface area contributed by atoms with Crippen molar-refractivity contribution >= 4 is 32.9 Å². The summed E-state index contributed by atoms with van der Waals surface area (Å²) in [6.45, 7) is 0. The minimum Gasteiger partial charge on any atom is -0.478 e. The molecule has 1 aromatic heterocycles. The first kappa shape index (κ1) is 12.7. The van der Waals surface area contributed by atoms with E-state index in [0.29, 0.717) is 15.5 Å². The topological polar surface area (TPSA) is 68.0 Å². The van der Waals surface area contributed by atoms with Crippen molar-refractivity contribution < 1.29 is 14.3 Å². The summed E-state index contributed by atoms with van der Waals surface area (Å²) in [4.78, 5) is 11.0. The molecule has 0 aliphatic heterocycles. The number of hydrogen-bond donors (Lipinski definition) is 1. The number of fused-ring (bicyclic) bond motifs is 1. The van der Waals surface area contributed by atoms with Crippen LogP contribution in [0.4, 0.5) is 4.39 Å².